The van der Waals surface area contributed by atoms with Gasteiger partial charge >= 0.3 is 0 Å². The molecule has 1 aliphatic rings. The van der Waals surface area contributed by atoms with Crippen molar-refractivity contribution in [3.8, 4) is 5.75 Å². The van der Waals surface area contributed by atoms with Crippen LogP contribution >= 0.6 is 0 Å². The van der Waals surface area contributed by atoms with Crippen molar-refractivity contribution in [2.75, 3.05) is 20.2 Å². The molecule has 1 aromatic carbocycles. The first-order chi connectivity index (χ1) is 15.9. The van der Waals surface area contributed by atoms with Crippen LogP contribution in [0.4, 0.5) is 4.39 Å². The Morgan fingerprint density at radius 3 is 2.70 bits per heavy atom. The van der Waals surface area contributed by atoms with E-state index >= 15 is 0 Å². The van der Waals surface area contributed by atoms with E-state index in [0.29, 0.717) is 62.1 Å². The van der Waals surface area contributed by atoms with E-state index < -0.39 is 5.82 Å². The van der Waals surface area contributed by atoms with Gasteiger partial charge in [-0.25, -0.2) is 8.91 Å². The van der Waals surface area contributed by atoms with Gasteiger partial charge in [-0.05, 0) is 56.0 Å². The highest BCUT2D eigenvalue weighted by Gasteiger charge is 2.28. The Bertz CT molecular complexity index is 1240. The van der Waals surface area contributed by atoms with Gasteiger partial charge in [-0.3, -0.25) is 14.4 Å². The van der Waals surface area contributed by atoms with E-state index in [2.05, 4.69) is 10.1 Å². The van der Waals surface area contributed by atoms with Crippen molar-refractivity contribution in [3.63, 3.8) is 0 Å². The second kappa shape index (κ2) is 9.56. The van der Waals surface area contributed by atoms with E-state index in [-0.39, 0.29) is 28.9 Å². The third kappa shape index (κ3) is 4.97. The zero-order chi connectivity index (χ0) is 23.5. The topological polar surface area (TPSA) is 96.8 Å². The molecule has 174 valence electrons. The number of halogens is 1. The van der Waals surface area contributed by atoms with Crippen molar-refractivity contribution in [1.29, 1.82) is 0 Å². The van der Waals surface area contributed by atoms with Crippen LogP contribution in [0.15, 0.2) is 35.3 Å². The molecule has 3 aromatic rings. The third-order valence-electron chi connectivity index (χ3n) is 6.12. The molecule has 0 spiro atoms. The fourth-order valence-corrected chi connectivity index (χ4v) is 4.31. The molecule has 8 nitrogen and oxygen atoms in total. The summed E-state index contributed by atoms with van der Waals surface area (Å²) < 4.78 is 20.4. The van der Waals surface area contributed by atoms with Crippen LogP contribution in [0.2, 0.25) is 0 Å². The second-order valence-corrected chi connectivity index (χ2v) is 8.47. The highest BCUT2D eigenvalue weighted by atomic mass is 19.1. The number of methoxy groups -OCH3 is 1. The molecule has 1 saturated heterocycles. The zero-order valence-electron chi connectivity index (χ0n) is 18.8. The Hall–Kier alpha value is -3.49. The number of aryl methyl sites for hydroxylation is 2. The lowest BCUT2D eigenvalue weighted by atomic mass is 9.88. The number of benzene rings is 1. The SMILES string of the molecule is COc1ccc(C(=O)C2CCN(C(=O)CCCc3nn4cc(C)cc4c(=O)[nH]3)CC2)cc1F. The summed E-state index contributed by atoms with van der Waals surface area (Å²) in [6.45, 7) is 2.90. The molecule has 1 aliphatic heterocycles. The highest BCUT2D eigenvalue weighted by Crippen LogP contribution is 2.25. The van der Waals surface area contributed by atoms with Crippen LogP contribution in [-0.4, -0.2) is 51.4 Å². The number of hydrogen-bond donors (Lipinski definition) is 1. The Kier molecular flexibility index (Phi) is 6.57. The molecule has 0 radical (unpaired) electrons. The maximum absolute atomic E-state index is 13.9. The summed E-state index contributed by atoms with van der Waals surface area (Å²) in [5.74, 6) is -0.210. The van der Waals surface area contributed by atoms with E-state index in [9.17, 15) is 18.8 Å². The number of ether oxygens (including phenoxy) is 1. The summed E-state index contributed by atoms with van der Waals surface area (Å²) >= 11 is 0. The van der Waals surface area contributed by atoms with Crippen LogP contribution in [-0.2, 0) is 11.2 Å². The van der Waals surface area contributed by atoms with Crippen LogP contribution in [0, 0.1) is 18.7 Å². The number of hydrogen-bond acceptors (Lipinski definition) is 5. The van der Waals surface area contributed by atoms with Crippen molar-refractivity contribution >= 4 is 17.2 Å². The monoisotopic (exact) mass is 454 g/mol. The number of piperidine rings is 1. The fourth-order valence-electron chi connectivity index (χ4n) is 4.31. The molecular formula is C24H27FN4O4. The number of aromatic nitrogens is 3. The van der Waals surface area contributed by atoms with E-state index in [0.717, 1.165) is 5.56 Å². The van der Waals surface area contributed by atoms with Crippen LogP contribution < -0.4 is 10.3 Å². The number of aromatic amines is 1. The smallest absolute Gasteiger partial charge is 0.275 e. The van der Waals surface area contributed by atoms with Gasteiger partial charge in [-0.15, -0.1) is 0 Å². The van der Waals surface area contributed by atoms with Gasteiger partial charge < -0.3 is 14.6 Å². The molecule has 1 N–H and O–H groups in total. The van der Waals surface area contributed by atoms with Crippen LogP contribution in [0.25, 0.3) is 5.52 Å². The van der Waals surface area contributed by atoms with E-state index in [1.54, 1.807) is 27.7 Å². The molecule has 1 fully saturated rings. The second-order valence-electron chi connectivity index (χ2n) is 8.47. The minimum atomic E-state index is -0.558. The Morgan fingerprint density at radius 1 is 1.24 bits per heavy atom. The van der Waals surface area contributed by atoms with Crippen molar-refractivity contribution in [1.82, 2.24) is 19.5 Å². The first-order valence-electron chi connectivity index (χ1n) is 11.1. The van der Waals surface area contributed by atoms with Gasteiger partial charge in [0.15, 0.2) is 17.3 Å². The first-order valence-corrected chi connectivity index (χ1v) is 11.1. The molecule has 0 bridgehead atoms. The number of carbonyl (C=O) groups is 2. The minimum Gasteiger partial charge on any atom is -0.494 e. The zero-order valence-corrected chi connectivity index (χ0v) is 18.8. The molecule has 2 aromatic heterocycles. The van der Waals surface area contributed by atoms with Crippen LogP contribution in [0.5, 0.6) is 5.75 Å². The van der Waals surface area contributed by atoms with Crippen molar-refractivity contribution in [3.05, 3.63) is 63.6 Å². The fraction of sp³-hybridized carbons (Fsp3) is 0.417. The molecule has 3 heterocycles. The highest BCUT2D eigenvalue weighted by molar-refractivity contribution is 5.98. The number of rotatable bonds is 7. The summed E-state index contributed by atoms with van der Waals surface area (Å²) in [7, 11) is 1.38. The Morgan fingerprint density at radius 2 is 2.00 bits per heavy atom. The number of amides is 1. The number of Topliss-reactive ketones (excluding diaryl/α,β-unsaturated/α-hetero) is 1. The molecule has 33 heavy (non-hydrogen) atoms. The van der Waals surface area contributed by atoms with Gasteiger partial charge in [-0.2, -0.15) is 5.10 Å². The number of nitrogens with one attached hydrogen (secondary N) is 1. The molecule has 0 aliphatic carbocycles. The van der Waals surface area contributed by atoms with Crippen LogP contribution in [0.3, 0.4) is 0 Å². The van der Waals surface area contributed by atoms with E-state index in [4.69, 9.17) is 4.74 Å². The molecule has 4 rings (SSSR count). The van der Waals surface area contributed by atoms with Crippen molar-refractivity contribution in [2.45, 2.75) is 39.0 Å². The Balaban J connectivity index is 1.27. The normalized spacial score (nSPS) is 14.6. The van der Waals surface area contributed by atoms with E-state index in [1.165, 1.54) is 19.2 Å². The molecule has 0 saturated carbocycles. The molecule has 9 heteroatoms. The summed E-state index contributed by atoms with van der Waals surface area (Å²) in [6, 6.07) is 6.02. The number of H-pyrrole nitrogens is 1. The summed E-state index contributed by atoms with van der Waals surface area (Å²) in [5, 5.41) is 4.41. The lowest BCUT2D eigenvalue weighted by Gasteiger charge is -2.31. The maximum atomic E-state index is 13.9. The minimum absolute atomic E-state index is 0.0247. The van der Waals surface area contributed by atoms with Crippen molar-refractivity contribution < 1.29 is 18.7 Å². The average molecular weight is 455 g/mol. The van der Waals surface area contributed by atoms with Gasteiger partial charge in [0.1, 0.15) is 11.3 Å². The molecule has 1 amide bonds. The summed E-state index contributed by atoms with van der Waals surface area (Å²) in [5.41, 5.74) is 1.60. The largest absolute Gasteiger partial charge is 0.494 e. The predicted octanol–water partition coefficient (Wildman–Crippen LogP) is 2.92. The van der Waals surface area contributed by atoms with Gasteiger partial charge in [0, 0.05) is 43.6 Å². The predicted molar refractivity (Wildman–Crippen MR) is 120 cm³/mol. The van der Waals surface area contributed by atoms with E-state index in [1.807, 2.05) is 6.92 Å². The number of carbonyl (C=O) groups excluding carboxylic acids is 2. The summed E-state index contributed by atoms with van der Waals surface area (Å²) in [6.07, 6.45) is 4.30. The number of likely N-dealkylation sites (tertiary alicyclic amines) is 1. The maximum Gasteiger partial charge on any atom is 0.275 e. The first kappa shape index (κ1) is 22.7. The van der Waals surface area contributed by atoms with Gasteiger partial charge in [0.05, 0.1) is 7.11 Å². The van der Waals surface area contributed by atoms with Gasteiger partial charge in [-0.1, -0.05) is 0 Å². The number of nitrogens with zero attached hydrogens (tertiary/aromatic N) is 3. The molecule has 0 atom stereocenters. The van der Waals surface area contributed by atoms with Gasteiger partial charge in [0.25, 0.3) is 5.56 Å². The standard InChI is InChI=1S/C24H27FN4O4/c1-15-12-19-24(32)26-21(27-29(19)14-15)4-3-5-22(30)28-10-8-16(9-11-28)23(31)17-6-7-20(33-2)18(25)13-17/h6-7,12-14,16H,3-5,8-11H2,1-2H3,(H,26,27,32). The number of fused-ring (bicyclic) bond motifs is 1. The molecular weight excluding hydrogens is 427 g/mol. The summed E-state index contributed by atoms with van der Waals surface area (Å²) in [4.78, 5) is 42.0. The number of ketones is 1. The molecule has 0 unspecified atom stereocenters. The lowest BCUT2D eigenvalue weighted by molar-refractivity contribution is -0.132. The van der Waals surface area contributed by atoms with Crippen molar-refractivity contribution in [2.24, 2.45) is 5.92 Å². The lowest BCUT2D eigenvalue weighted by Crippen LogP contribution is -2.40. The quantitative estimate of drug-likeness (QED) is 0.554. The van der Waals surface area contributed by atoms with Crippen LogP contribution in [0.1, 0.15) is 47.4 Å². The third-order valence-corrected chi connectivity index (χ3v) is 6.12. The average Bonchev–Trinajstić information content (AvgIpc) is 3.19. The van der Waals surface area contributed by atoms with Gasteiger partial charge in [0.2, 0.25) is 5.91 Å². The Labute approximate surface area is 190 Å².